The highest BCUT2D eigenvalue weighted by atomic mass is 19.1. The third-order valence-electron chi connectivity index (χ3n) is 4.10. The van der Waals surface area contributed by atoms with Crippen molar-refractivity contribution in [2.75, 3.05) is 7.11 Å². The Morgan fingerprint density at radius 3 is 2.62 bits per heavy atom. The van der Waals surface area contributed by atoms with Crippen LogP contribution in [0.4, 0.5) is 4.39 Å². The monoisotopic (exact) mass is 222 g/mol. The van der Waals surface area contributed by atoms with E-state index in [2.05, 4.69) is 5.43 Å². The van der Waals surface area contributed by atoms with Gasteiger partial charge in [0.05, 0.1) is 7.11 Å². The van der Waals surface area contributed by atoms with Crippen LogP contribution in [0, 0.1) is 5.82 Å². The molecule has 1 aromatic rings. The van der Waals surface area contributed by atoms with Crippen molar-refractivity contribution >= 4 is 0 Å². The normalized spacial score (nSPS) is 35.2. The first kappa shape index (κ1) is 10.1. The van der Waals surface area contributed by atoms with Gasteiger partial charge in [-0.2, -0.15) is 0 Å². The van der Waals surface area contributed by atoms with Gasteiger partial charge < -0.3 is 4.74 Å². The van der Waals surface area contributed by atoms with Crippen LogP contribution in [0.1, 0.15) is 24.8 Å². The number of ether oxygens (including phenoxy) is 1. The lowest BCUT2D eigenvalue weighted by molar-refractivity contribution is -0.0883. The molecule has 16 heavy (non-hydrogen) atoms. The molecule has 0 heterocycles. The average Bonchev–Trinajstić information content (AvgIpc) is 2.17. The van der Waals surface area contributed by atoms with E-state index in [0.717, 1.165) is 19.3 Å². The quantitative estimate of drug-likeness (QED) is 0.601. The van der Waals surface area contributed by atoms with Crippen LogP contribution >= 0.6 is 0 Å². The van der Waals surface area contributed by atoms with Gasteiger partial charge in [0.1, 0.15) is 0 Å². The second-order valence-electron chi connectivity index (χ2n) is 5.08. The fraction of sp³-hybridized carbons (Fsp3) is 0.500. The van der Waals surface area contributed by atoms with Crippen molar-refractivity contribution in [3.05, 3.63) is 29.6 Å². The maximum atomic E-state index is 13.3. The third-order valence-corrected chi connectivity index (χ3v) is 4.10. The number of nitrogens with one attached hydrogen (secondary N) is 1. The zero-order valence-electron chi connectivity index (χ0n) is 9.22. The Bertz CT molecular complexity index is 427. The fourth-order valence-electron chi connectivity index (χ4n) is 3.24. The standard InChI is InChI=1S/C12H15FN2O/c1-16-10-4-8(2-3-9(10)13)11-5-12(6-11,7-11)15-14/h2-4,15H,5-7,14H2,1H3. The van der Waals surface area contributed by atoms with Crippen molar-refractivity contribution < 1.29 is 9.13 Å². The molecule has 0 amide bonds. The number of rotatable bonds is 3. The number of methoxy groups -OCH3 is 1. The summed E-state index contributed by atoms with van der Waals surface area (Å²) in [5, 5.41) is 0. The zero-order chi connectivity index (χ0) is 11.4. The Balaban J connectivity index is 1.87. The van der Waals surface area contributed by atoms with Gasteiger partial charge in [-0.3, -0.25) is 11.3 Å². The van der Waals surface area contributed by atoms with Gasteiger partial charge in [0.25, 0.3) is 0 Å². The maximum absolute atomic E-state index is 13.3. The SMILES string of the molecule is COc1cc(C23CC(NN)(C2)C3)ccc1F. The average molecular weight is 222 g/mol. The highest BCUT2D eigenvalue weighted by Crippen LogP contribution is 2.67. The molecule has 0 aromatic heterocycles. The minimum absolute atomic E-state index is 0.154. The molecular formula is C12H15FN2O. The highest BCUT2D eigenvalue weighted by Gasteiger charge is 2.68. The predicted octanol–water partition coefficient (Wildman–Crippen LogP) is 1.47. The van der Waals surface area contributed by atoms with Crippen molar-refractivity contribution in [1.82, 2.24) is 5.43 Å². The number of hydrazine groups is 1. The van der Waals surface area contributed by atoms with E-state index in [-0.39, 0.29) is 16.8 Å². The fourth-order valence-corrected chi connectivity index (χ4v) is 3.24. The molecule has 3 N–H and O–H groups in total. The first-order chi connectivity index (χ1) is 7.63. The molecule has 0 unspecified atom stereocenters. The van der Waals surface area contributed by atoms with Gasteiger partial charge in [0.15, 0.2) is 11.6 Å². The molecule has 0 radical (unpaired) electrons. The molecule has 0 spiro atoms. The van der Waals surface area contributed by atoms with Crippen LogP contribution in [0.15, 0.2) is 18.2 Å². The molecular weight excluding hydrogens is 207 g/mol. The molecule has 86 valence electrons. The number of halogens is 1. The molecule has 4 heteroatoms. The van der Waals surface area contributed by atoms with Gasteiger partial charge in [-0.15, -0.1) is 0 Å². The Morgan fingerprint density at radius 1 is 1.38 bits per heavy atom. The Hall–Kier alpha value is -1.13. The minimum atomic E-state index is -0.301. The summed E-state index contributed by atoms with van der Waals surface area (Å²) in [5.41, 5.74) is 4.41. The lowest BCUT2D eigenvalue weighted by Gasteiger charge is -2.70. The van der Waals surface area contributed by atoms with E-state index in [1.54, 1.807) is 0 Å². The molecule has 3 aliphatic rings. The molecule has 3 fully saturated rings. The van der Waals surface area contributed by atoms with Crippen LogP contribution in [-0.4, -0.2) is 12.6 Å². The van der Waals surface area contributed by atoms with Crippen LogP contribution in [-0.2, 0) is 5.41 Å². The van der Waals surface area contributed by atoms with Gasteiger partial charge in [0.2, 0.25) is 0 Å². The molecule has 3 nitrogen and oxygen atoms in total. The Morgan fingerprint density at radius 2 is 2.06 bits per heavy atom. The van der Waals surface area contributed by atoms with Crippen molar-refractivity contribution in [2.24, 2.45) is 5.84 Å². The number of hydrogen-bond donors (Lipinski definition) is 2. The molecule has 3 aliphatic carbocycles. The van der Waals surface area contributed by atoms with E-state index in [1.807, 2.05) is 12.1 Å². The lowest BCUT2D eigenvalue weighted by atomic mass is 9.37. The van der Waals surface area contributed by atoms with Gasteiger partial charge in [-0.05, 0) is 37.0 Å². The maximum Gasteiger partial charge on any atom is 0.165 e. The second kappa shape index (κ2) is 2.96. The summed E-state index contributed by atoms with van der Waals surface area (Å²) in [5.74, 6) is 5.52. The van der Waals surface area contributed by atoms with Crippen LogP contribution in [0.5, 0.6) is 5.75 Å². The van der Waals surface area contributed by atoms with E-state index < -0.39 is 0 Å². The van der Waals surface area contributed by atoms with E-state index in [9.17, 15) is 4.39 Å². The molecule has 0 atom stereocenters. The molecule has 1 aromatic carbocycles. The summed E-state index contributed by atoms with van der Waals surface area (Å²) in [6.45, 7) is 0. The van der Waals surface area contributed by atoms with Gasteiger partial charge in [-0.25, -0.2) is 4.39 Å². The molecule has 4 rings (SSSR count). The lowest BCUT2D eigenvalue weighted by Crippen LogP contribution is -2.77. The van der Waals surface area contributed by atoms with E-state index >= 15 is 0 Å². The molecule has 3 saturated carbocycles. The van der Waals surface area contributed by atoms with Crippen molar-refractivity contribution in [3.63, 3.8) is 0 Å². The van der Waals surface area contributed by atoms with Gasteiger partial charge >= 0.3 is 0 Å². The largest absolute Gasteiger partial charge is 0.494 e. The van der Waals surface area contributed by atoms with Crippen molar-refractivity contribution in [2.45, 2.75) is 30.2 Å². The van der Waals surface area contributed by atoms with Gasteiger partial charge in [-0.1, -0.05) is 6.07 Å². The van der Waals surface area contributed by atoms with Crippen LogP contribution in [0.25, 0.3) is 0 Å². The summed E-state index contributed by atoms with van der Waals surface area (Å²) < 4.78 is 18.3. The minimum Gasteiger partial charge on any atom is -0.494 e. The van der Waals surface area contributed by atoms with Crippen LogP contribution in [0.2, 0.25) is 0 Å². The third kappa shape index (κ3) is 1.09. The first-order valence-corrected chi connectivity index (χ1v) is 5.45. The highest BCUT2D eigenvalue weighted by molar-refractivity contribution is 5.44. The zero-order valence-corrected chi connectivity index (χ0v) is 9.22. The number of hydrogen-bond acceptors (Lipinski definition) is 3. The Kier molecular flexibility index (Phi) is 1.86. The van der Waals surface area contributed by atoms with Crippen molar-refractivity contribution in [3.8, 4) is 5.75 Å². The smallest absolute Gasteiger partial charge is 0.165 e. The summed E-state index contributed by atoms with van der Waals surface area (Å²) in [4.78, 5) is 0. The van der Waals surface area contributed by atoms with E-state index in [0.29, 0.717) is 5.75 Å². The summed E-state index contributed by atoms with van der Waals surface area (Å²) in [7, 11) is 1.49. The second-order valence-corrected chi connectivity index (χ2v) is 5.08. The molecule has 2 bridgehead atoms. The first-order valence-electron chi connectivity index (χ1n) is 5.45. The van der Waals surface area contributed by atoms with Crippen LogP contribution in [0.3, 0.4) is 0 Å². The topological polar surface area (TPSA) is 47.3 Å². The van der Waals surface area contributed by atoms with Gasteiger partial charge in [0, 0.05) is 11.0 Å². The number of nitrogens with two attached hydrogens (primary N) is 1. The summed E-state index contributed by atoms with van der Waals surface area (Å²) >= 11 is 0. The molecule has 0 saturated heterocycles. The van der Waals surface area contributed by atoms with Crippen LogP contribution < -0.4 is 16.0 Å². The molecule has 0 aliphatic heterocycles. The van der Waals surface area contributed by atoms with E-state index in [1.165, 1.54) is 18.7 Å². The van der Waals surface area contributed by atoms with Crippen molar-refractivity contribution in [1.29, 1.82) is 0 Å². The Labute approximate surface area is 93.7 Å². The predicted molar refractivity (Wildman–Crippen MR) is 58.5 cm³/mol. The van der Waals surface area contributed by atoms with E-state index in [4.69, 9.17) is 10.6 Å². The number of benzene rings is 1. The summed E-state index contributed by atoms with van der Waals surface area (Å²) in [6.07, 6.45) is 3.14. The summed E-state index contributed by atoms with van der Waals surface area (Å²) in [6, 6.07) is 5.16.